The molecule has 0 aromatic carbocycles. The summed E-state index contributed by atoms with van der Waals surface area (Å²) in [5, 5.41) is 20.0. The number of aryl methyl sites for hydroxylation is 1. The fraction of sp³-hybridized carbons (Fsp3) is 0.455. The lowest BCUT2D eigenvalue weighted by atomic mass is 10.0. The molecule has 0 saturated heterocycles. The van der Waals surface area contributed by atoms with Crippen LogP contribution in [0.2, 0.25) is 0 Å². The van der Waals surface area contributed by atoms with Crippen molar-refractivity contribution in [1.82, 2.24) is 19.6 Å². The second kappa shape index (κ2) is 4.59. The Balaban J connectivity index is 2.29. The third-order valence-corrected chi connectivity index (χ3v) is 3.00. The molecule has 2 aromatic heterocycles. The number of rotatable bonds is 4. The molecule has 2 heterocycles. The molecule has 2 rings (SSSR count). The highest BCUT2D eigenvalue weighted by Crippen LogP contribution is 2.15. The molecule has 2 N–H and O–H groups in total. The van der Waals surface area contributed by atoms with Crippen LogP contribution in [-0.2, 0) is 4.79 Å². The zero-order valence-electron chi connectivity index (χ0n) is 10.5. The fourth-order valence-corrected chi connectivity index (χ4v) is 1.60. The molecular formula is C11H15N5O2. The van der Waals surface area contributed by atoms with Gasteiger partial charge in [-0.2, -0.15) is 0 Å². The SMILES string of the molecule is Cc1nnc2c(NC(C)C(C)C(=O)O)nccn12. The molecule has 2 aromatic rings. The molecule has 0 aliphatic rings. The van der Waals surface area contributed by atoms with Crippen LogP contribution in [0, 0.1) is 12.8 Å². The Bertz CT molecular complexity index is 580. The Morgan fingerprint density at radius 2 is 2.17 bits per heavy atom. The van der Waals surface area contributed by atoms with Crippen molar-refractivity contribution in [2.45, 2.75) is 26.8 Å². The lowest BCUT2D eigenvalue weighted by Crippen LogP contribution is -2.30. The third-order valence-electron chi connectivity index (χ3n) is 3.00. The minimum Gasteiger partial charge on any atom is -0.481 e. The molecule has 2 atom stereocenters. The molecule has 0 fully saturated rings. The molecule has 0 aliphatic heterocycles. The highest BCUT2D eigenvalue weighted by Gasteiger charge is 2.20. The number of nitrogens with one attached hydrogen (secondary N) is 1. The average Bonchev–Trinajstić information content (AvgIpc) is 2.71. The summed E-state index contributed by atoms with van der Waals surface area (Å²) in [6, 6.07) is -0.252. The zero-order chi connectivity index (χ0) is 13.3. The monoisotopic (exact) mass is 249 g/mol. The van der Waals surface area contributed by atoms with Crippen LogP contribution in [0.4, 0.5) is 5.82 Å². The number of carboxylic acid groups (broad SMARTS) is 1. The van der Waals surface area contributed by atoms with Crippen molar-refractivity contribution < 1.29 is 9.90 Å². The summed E-state index contributed by atoms with van der Waals surface area (Å²) >= 11 is 0. The average molecular weight is 249 g/mol. The van der Waals surface area contributed by atoms with Gasteiger partial charge in [0.1, 0.15) is 5.82 Å². The second-order valence-corrected chi connectivity index (χ2v) is 4.28. The van der Waals surface area contributed by atoms with E-state index in [9.17, 15) is 4.79 Å². The van der Waals surface area contributed by atoms with Crippen LogP contribution in [0.15, 0.2) is 12.4 Å². The van der Waals surface area contributed by atoms with Gasteiger partial charge in [-0.15, -0.1) is 10.2 Å². The number of hydrogen-bond acceptors (Lipinski definition) is 5. The molecule has 0 radical (unpaired) electrons. The van der Waals surface area contributed by atoms with Crippen molar-refractivity contribution in [3.63, 3.8) is 0 Å². The number of anilines is 1. The van der Waals surface area contributed by atoms with E-state index in [-0.39, 0.29) is 6.04 Å². The van der Waals surface area contributed by atoms with E-state index in [0.29, 0.717) is 11.5 Å². The summed E-state index contributed by atoms with van der Waals surface area (Å²) in [5.41, 5.74) is 0.597. The number of hydrogen-bond donors (Lipinski definition) is 2. The number of fused-ring (bicyclic) bond motifs is 1. The highest BCUT2D eigenvalue weighted by atomic mass is 16.4. The lowest BCUT2D eigenvalue weighted by molar-refractivity contribution is -0.141. The predicted octanol–water partition coefficient (Wildman–Crippen LogP) is 0.954. The van der Waals surface area contributed by atoms with Crippen LogP contribution in [-0.4, -0.2) is 36.7 Å². The molecule has 18 heavy (non-hydrogen) atoms. The van der Waals surface area contributed by atoms with Crippen LogP contribution in [0.25, 0.3) is 5.65 Å². The predicted molar refractivity (Wildman–Crippen MR) is 65.4 cm³/mol. The molecule has 7 nitrogen and oxygen atoms in total. The van der Waals surface area contributed by atoms with Gasteiger partial charge in [-0.3, -0.25) is 9.20 Å². The largest absolute Gasteiger partial charge is 0.481 e. The van der Waals surface area contributed by atoms with Crippen LogP contribution in [0.5, 0.6) is 0 Å². The minimum absolute atomic E-state index is 0.252. The molecule has 0 saturated carbocycles. The van der Waals surface area contributed by atoms with Crippen molar-refractivity contribution in [3.05, 3.63) is 18.2 Å². The Labute approximate surface area is 104 Å². The molecule has 7 heteroatoms. The number of aliphatic carboxylic acids is 1. The van der Waals surface area contributed by atoms with E-state index in [4.69, 9.17) is 5.11 Å². The van der Waals surface area contributed by atoms with Gasteiger partial charge >= 0.3 is 5.97 Å². The summed E-state index contributed by atoms with van der Waals surface area (Å²) in [5.74, 6) is -0.0660. The molecule has 96 valence electrons. The van der Waals surface area contributed by atoms with Gasteiger partial charge in [-0.25, -0.2) is 4.98 Å². The first kappa shape index (κ1) is 12.3. The van der Waals surface area contributed by atoms with Gasteiger partial charge < -0.3 is 10.4 Å². The molecular weight excluding hydrogens is 234 g/mol. The first-order chi connectivity index (χ1) is 8.50. The maximum absolute atomic E-state index is 10.9. The maximum Gasteiger partial charge on any atom is 0.308 e. The number of nitrogens with zero attached hydrogens (tertiary/aromatic N) is 4. The Morgan fingerprint density at radius 3 is 2.83 bits per heavy atom. The summed E-state index contributed by atoms with van der Waals surface area (Å²) < 4.78 is 1.80. The van der Waals surface area contributed by atoms with Gasteiger partial charge in [0.15, 0.2) is 5.82 Å². The normalized spacial score (nSPS) is 14.4. The van der Waals surface area contributed by atoms with Crippen molar-refractivity contribution >= 4 is 17.4 Å². The van der Waals surface area contributed by atoms with Crippen LogP contribution >= 0.6 is 0 Å². The molecule has 0 amide bonds. The second-order valence-electron chi connectivity index (χ2n) is 4.28. The van der Waals surface area contributed by atoms with Crippen molar-refractivity contribution in [1.29, 1.82) is 0 Å². The molecule has 0 spiro atoms. The van der Waals surface area contributed by atoms with Crippen LogP contribution in [0.3, 0.4) is 0 Å². The van der Waals surface area contributed by atoms with Crippen LogP contribution < -0.4 is 5.32 Å². The first-order valence-electron chi connectivity index (χ1n) is 5.66. The summed E-state index contributed by atoms with van der Waals surface area (Å²) in [4.78, 5) is 15.1. The molecule has 2 unspecified atom stereocenters. The van der Waals surface area contributed by atoms with E-state index in [2.05, 4.69) is 20.5 Å². The van der Waals surface area contributed by atoms with Crippen molar-refractivity contribution in [2.75, 3.05) is 5.32 Å². The van der Waals surface area contributed by atoms with E-state index in [0.717, 1.165) is 5.82 Å². The van der Waals surface area contributed by atoms with Crippen LogP contribution in [0.1, 0.15) is 19.7 Å². The van der Waals surface area contributed by atoms with Gasteiger partial charge in [0.25, 0.3) is 0 Å². The highest BCUT2D eigenvalue weighted by molar-refractivity contribution is 5.72. The van der Waals surface area contributed by atoms with E-state index < -0.39 is 11.9 Å². The third kappa shape index (κ3) is 2.11. The topological polar surface area (TPSA) is 92.4 Å². The van der Waals surface area contributed by atoms with E-state index in [1.165, 1.54) is 0 Å². The van der Waals surface area contributed by atoms with E-state index >= 15 is 0 Å². The molecule has 0 bridgehead atoms. The number of carboxylic acids is 1. The van der Waals surface area contributed by atoms with Gasteiger partial charge in [0.05, 0.1) is 5.92 Å². The first-order valence-corrected chi connectivity index (χ1v) is 5.66. The minimum atomic E-state index is -0.848. The summed E-state index contributed by atoms with van der Waals surface area (Å²) in [6.07, 6.45) is 3.39. The van der Waals surface area contributed by atoms with Crippen molar-refractivity contribution in [3.8, 4) is 0 Å². The van der Waals surface area contributed by atoms with E-state index in [1.807, 2.05) is 6.92 Å². The van der Waals surface area contributed by atoms with Gasteiger partial charge in [0, 0.05) is 18.4 Å². The number of carbonyl (C=O) groups is 1. The van der Waals surface area contributed by atoms with Gasteiger partial charge in [-0.1, -0.05) is 0 Å². The maximum atomic E-state index is 10.9. The standard InChI is InChI=1S/C11H15N5O2/c1-6(11(17)18)7(2)13-9-10-15-14-8(3)16(10)5-4-12-9/h4-7H,1-3H3,(H,12,13)(H,17,18). The quantitative estimate of drug-likeness (QED) is 0.838. The summed E-state index contributed by atoms with van der Waals surface area (Å²) in [6.45, 7) is 5.29. The Kier molecular flexibility index (Phi) is 3.14. The summed E-state index contributed by atoms with van der Waals surface area (Å²) in [7, 11) is 0. The van der Waals surface area contributed by atoms with E-state index in [1.54, 1.807) is 30.6 Å². The molecule has 0 aliphatic carbocycles. The lowest BCUT2D eigenvalue weighted by Gasteiger charge is -2.18. The zero-order valence-corrected chi connectivity index (χ0v) is 10.5. The smallest absolute Gasteiger partial charge is 0.308 e. The fourth-order valence-electron chi connectivity index (χ4n) is 1.60. The van der Waals surface area contributed by atoms with Crippen molar-refractivity contribution in [2.24, 2.45) is 5.92 Å². The Morgan fingerprint density at radius 1 is 1.44 bits per heavy atom. The Hall–Kier alpha value is -2.18. The number of aromatic nitrogens is 4. The van der Waals surface area contributed by atoms with Gasteiger partial charge in [0.2, 0.25) is 5.65 Å². The van der Waals surface area contributed by atoms with Gasteiger partial charge in [-0.05, 0) is 20.8 Å².